The quantitative estimate of drug-likeness (QED) is 0.527. The largest absolute Gasteiger partial charge is 0.355 e. The van der Waals surface area contributed by atoms with Gasteiger partial charge in [-0.3, -0.25) is 10.1 Å². The molecule has 8 heteroatoms. The van der Waals surface area contributed by atoms with Gasteiger partial charge >= 0.3 is 0 Å². The topological polar surface area (TPSA) is 57.3 Å². The number of nitrogens with zero attached hydrogens (tertiary/aromatic N) is 2. The molecule has 1 saturated heterocycles. The van der Waals surface area contributed by atoms with Gasteiger partial charge in [-0.2, -0.15) is 0 Å². The van der Waals surface area contributed by atoms with E-state index in [0.29, 0.717) is 37.0 Å². The molecule has 1 aliphatic carbocycles. The number of benzene rings is 1. The monoisotopic (exact) mass is 436 g/mol. The van der Waals surface area contributed by atoms with Crippen LogP contribution in [0.15, 0.2) is 30.3 Å². The second-order valence-electron chi connectivity index (χ2n) is 8.32. The summed E-state index contributed by atoms with van der Waals surface area (Å²) in [5, 5.41) is 6.98. The Morgan fingerprint density at radius 2 is 2.00 bits per heavy atom. The maximum absolute atomic E-state index is 13.3. The van der Waals surface area contributed by atoms with Crippen LogP contribution >= 0.6 is 11.6 Å². The molecule has 1 unspecified atom stereocenters. The summed E-state index contributed by atoms with van der Waals surface area (Å²) in [6.45, 7) is 2.19. The Morgan fingerprint density at radius 3 is 2.77 bits per heavy atom. The molecule has 1 aromatic heterocycles. The number of rotatable bonds is 6. The van der Waals surface area contributed by atoms with E-state index in [1.54, 1.807) is 6.07 Å². The zero-order chi connectivity index (χ0) is 21.1. The van der Waals surface area contributed by atoms with Crippen molar-refractivity contribution < 1.29 is 13.6 Å². The van der Waals surface area contributed by atoms with E-state index in [1.807, 2.05) is 24.3 Å². The SMILES string of the molecule is O=C(NCC1CCC(F)(F)CC1)c1cccc2nc(N3CCC(NCCl)C3)ccc12. The molecular formula is C22H27ClF2N4O. The van der Waals surface area contributed by atoms with Crippen LogP contribution in [0.1, 0.15) is 42.5 Å². The third-order valence-electron chi connectivity index (χ3n) is 6.23. The van der Waals surface area contributed by atoms with E-state index in [9.17, 15) is 13.6 Å². The first-order chi connectivity index (χ1) is 14.4. The molecule has 4 rings (SSSR count). The summed E-state index contributed by atoms with van der Waals surface area (Å²) in [6.07, 6.45) is 1.73. The molecule has 0 bridgehead atoms. The smallest absolute Gasteiger partial charge is 0.251 e. The van der Waals surface area contributed by atoms with Crippen LogP contribution in [0.4, 0.5) is 14.6 Å². The zero-order valence-electron chi connectivity index (χ0n) is 16.8. The van der Waals surface area contributed by atoms with Crippen LogP contribution in [0, 0.1) is 5.92 Å². The van der Waals surface area contributed by atoms with Gasteiger partial charge in [-0.15, -0.1) is 11.6 Å². The molecule has 0 spiro atoms. The minimum absolute atomic E-state index is 0.0910. The lowest BCUT2D eigenvalue weighted by Crippen LogP contribution is -2.34. The van der Waals surface area contributed by atoms with Gasteiger partial charge in [-0.1, -0.05) is 6.07 Å². The molecule has 0 radical (unpaired) electrons. The van der Waals surface area contributed by atoms with Gasteiger partial charge in [0.2, 0.25) is 5.92 Å². The number of nitrogens with one attached hydrogen (secondary N) is 2. The minimum atomic E-state index is -2.55. The third kappa shape index (κ3) is 4.83. The fourth-order valence-corrected chi connectivity index (χ4v) is 4.62. The van der Waals surface area contributed by atoms with Crippen LogP contribution in [0.5, 0.6) is 0 Å². The van der Waals surface area contributed by atoms with Gasteiger partial charge in [-0.05, 0) is 49.4 Å². The van der Waals surface area contributed by atoms with E-state index in [-0.39, 0.29) is 24.7 Å². The first kappa shape index (κ1) is 21.2. The lowest BCUT2D eigenvalue weighted by Gasteiger charge is -2.28. The van der Waals surface area contributed by atoms with E-state index >= 15 is 0 Å². The summed E-state index contributed by atoms with van der Waals surface area (Å²) in [4.78, 5) is 19.7. The molecule has 1 atom stereocenters. The number of carbonyl (C=O) groups is 1. The van der Waals surface area contributed by atoms with E-state index in [1.165, 1.54) is 0 Å². The number of aromatic nitrogens is 1. The van der Waals surface area contributed by atoms with Crippen molar-refractivity contribution in [2.75, 3.05) is 30.5 Å². The molecule has 30 heavy (non-hydrogen) atoms. The Balaban J connectivity index is 1.42. The highest BCUT2D eigenvalue weighted by Gasteiger charge is 2.34. The number of pyridine rings is 1. The molecule has 2 aromatic rings. The lowest BCUT2D eigenvalue weighted by atomic mass is 9.87. The molecular weight excluding hydrogens is 410 g/mol. The van der Waals surface area contributed by atoms with Gasteiger partial charge in [0.25, 0.3) is 5.91 Å². The Morgan fingerprint density at radius 1 is 1.20 bits per heavy atom. The van der Waals surface area contributed by atoms with Crippen LogP contribution in [0.3, 0.4) is 0 Å². The van der Waals surface area contributed by atoms with Gasteiger partial charge in [0.1, 0.15) is 5.82 Å². The molecule has 2 N–H and O–H groups in total. The number of halogens is 3. The van der Waals surface area contributed by atoms with Crippen LogP contribution in [0.25, 0.3) is 10.9 Å². The highest BCUT2D eigenvalue weighted by atomic mass is 35.5. The van der Waals surface area contributed by atoms with E-state index < -0.39 is 5.92 Å². The standard InChI is InChI=1S/C22H27ClF2N4O/c23-14-27-16-8-11-29(13-16)20-5-4-17-18(2-1-3-19(17)28-20)21(30)26-12-15-6-9-22(24,25)10-7-15/h1-5,15-16,27H,6-14H2,(H,26,30). The number of amides is 1. The third-order valence-corrected chi connectivity index (χ3v) is 6.38. The molecule has 1 amide bonds. The van der Waals surface area contributed by atoms with Crippen molar-refractivity contribution in [3.05, 3.63) is 35.9 Å². The molecule has 2 heterocycles. The Kier molecular flexibility index (Phi) is 6.39. The molecule has 1 aromatic carbocycles. The van der Waals surface area contributed by atoms with Crippen molar-refractivity contribution >= 4 is 34.2 Å². The number of alkyl halides is 3. The maximum Gasteiger partial charge on any atom is 0.251 e. The first-order valence-corrected chi connectivity index (χ1v) is 11.1. The number of anilines is 1. The fraction of sp³-hybridized carbons (Fsp3) is 0.545. The Hall–Kier alpha value is -1.99. The predicted octanol–water partition coefficient (Wildman–Crippen LogP) is 4.15. The normalized spacial score (nSPS) is 21.8. The summed E-state index contributed by atoms with van der Waals surface area (Å²) in [6, 6.07) is 10.2. The highest BCUT2D eigenvalue weighted by molar-refractivity contribution is 6.17. The first-order valence-electron chi connectivity index (χ1n) is 10.6. The molecule has 1 aliphatic heterocycles. The van der Waals surface area contributed by atoms with Crippen molar-refractivity contribution in [2.45, 2.75) is 44.1 Å². The van der Waals surface area contributed by atoms with Crippen LogP contribution < -0.4 is 15.5 Å². The van der Waals surface area contributed by atoms with Gasteiger partial charge in [0.15, 0.2) is 0 Å². The zero-order valence-corrected chi connectivity index (χ0v) is 17.6. The van der Waals surface area contributed by atoms with Gasteiger partial charge in [0, 0.05) is 49.5 Å². The summed E-state index contributed by atoms with van der Waals surface area (Å²) >= 11 is 5.77. The van der Waals surface area contributed by atoms with Crippen LogP contribution in [-0.4, -0.2) is 48.5 Å². The summed E-state index contributed by atoms with van der Waals surface area (Å²) in [5.74, 6) is -1.73. The maximum atomic E-state index is 13.3. The van der Waals surface area contributed by atoms with Gasteiger partial charge in [0.05, 0.1) is 11.5 Å². The fourth-order valence-electron chi connectivity index (χ4n) is 4.40. The highest BCUT2D eigenvalue weighted by Crippen LogP contribution is 2.35. The lowest BCUT2D eigenvalue weighted by molar-refractivity contribution is -0.0452. The summed E-state index contributed by atoms with van der Waals surface area (Å²) < 4.78 is 26.6. The van der Waals surface area contributed by atoms with Crippen molar-refractivity contribution in [2.24, 2.45) is 5.92 Å². The van der Waals surface area contributed by atoms with Gasteiger partial charge in [-0.25, -0.2) is 13.8 Å². The van der Waals surface area contributed by atoms with E-state index in [2.05, 4.69) is 15.5 Å². The molecule has 1 saturated carbocycles. The summed E-state index contributed by atoms with van der Waals surface area (Å²) in [5.41, 5.74) is 1.34. The second kappa shape index (κ2) is 9.02. The molecule has 5 nitrogen and oxygen atoms in total. The second-order valence-corrected chi connectivity index (χ2v) is 8.59. The van der Waals surface area contributed by atoms with Gasteiger partial charge < -0.3 is 10.2 Å². The average Bonchev–Trinajstić information content (AvgIpc) is 3.21. The van der Waals surface area contributed by atoms with E-state index in [0.717, 1.165) is 36.2 Å². The van der Waals surface area contributed by atoms with Crippen molar-refractivity contribution in [3.63, 3.8) is 0 Å². The predicted molar refractivity (Wildman–Crippen MR) is 115 cm³/mol. The van der Waals surface area contributed by atoms with Crippen molar-refractivity contribution in [1.29, 1.82) is 0 Å². The Bertz CT molecular complexity index is 900. The molecule has 2 fully saturated rings. The minimum Gasteiger partial charge on any atom is -0.355 e. The molecule has 2 aliphatic rings. The summed E-state index contributed by atoms with van der Waals surface area (Å²) in [7, 11) is 0. The van der Waals surface area contributed by atoms with E-state index in [4.69, 9.17) is 16.6 Å². The number of hydrogen-bond acceptors (Lipinski definition) is 4. The van der Waals surface area contributed by atoms with Crippen LogP contribution in [0.2, 0.25) is 0 Å². The van der Waals surface area contributed by atoms with Crippen LogP contribution in [-0.2, 0) is 0 Å². The Labute approximate surface area is 180 Å². The number of hydrogen-bond donors (Lipinski definition) is 2. The molecule has 162 valence electrons. The number of fused-ring (bicyclic) bond motifs is 1. The number of carbonyl (C=O) groups excluding carboxylic acids is 1. The average molecular weight is 437 g/mol. The van der Waals surface area contributed by atoms with Crippen molar-refractivity contribution in [3.8, 4) is 0 Å². The van der Waals surface area contributed by atoms with Crippen molar-refractivity contribution in [1.82, 2.24) is 15.6 Å².